The average molecular weight is 321 g/mol. The number of amides is 1. The molecule has 2 aromatic carbocycles. The van der Waals surface area contributed by atoms with Crippen LogP contribution in [0.4, 0.5) is 5.69 Å². The van der Waals surface area contributed by atoms with Gasteiger partial charge in [0.15, 0.2) is 0 Å². The Balaban J connectivity index is 2.05. The number of nitriles is 1. The van der Waals surface area contributed by atoms with Crippen LogP contribution in [0.3, 0.4) is 0 Å². The predicted octanol–water partition coefficient (Wildman–Crippen LogP) is 3.87. The number of carbonyl (C=O) groups is 1. The minimum atomic E-state index is -0.358. The smallest absolute Gasteiger partial charge is 0.241 e. The first-order chi connectivity index (χ1) is 11.5. The molecule has 0 aromatic heterocycles. The molecule has 0 saturated carbocycles. The van der Waals surface area contributed by atoms with E-state index in [2.05, 4.69) is 42.7 Å². The van der Waals surface area contributed by atoms with Gasteiger partial charge < -0.3 is 5.32 Å². The molecule has 0 unspecified atom stereocenters. The lowest BCUT2D eigenvalue weighted by Crippen LogP contribution is -2.41. The van der Waals surface area contributed by atoms with Gasteiger partial charge in [-0.3, -0.25) is 10.1 Å². The lowest BCUT2D eigenvalue weighted by atomic mass is 9.95. The van der Waals surface area contributed by atoms with Crippen molar-refractivity contribution in [1.82, 2.24) is 5.32 Å². The average Bonchev–Trinajstić information content (AvgIpc) is 2.60. The zero-order valence-corrected chi connectivity index (χ0v) is 14.3. The predicted molar refractivity (Wildman–Crippen MR) is 96.4 cm³/mol. The maximum absolute atomic E-state index is 12.4. The molecular formula is C20H23N3O. The zero-order chi connectivity index (χ0) is 17.5. The van der Waals surface area contributed by atoms with Crippen LogP contribution in [0, 0.1) is 17.2 Å². The molecule has 1 amide bonds. The van der Waals surface area contributed by atoms with E-state index in [1.165, 1.54) is 5.56 Å². The van der Waals surface area contributed by atoms with E-state index in [9.17, 15) is 4.79 Å². The highest BCUT2D eigenvalue weighted by Gasteiger charge is 2.21. The summed E-state index contributed by atoms with van der Waals surface area (Å²) >= 11 is 0. The summed E-state index contributed by atoms with van der Waals surface area (Å²) in [5.41, 5.74) is 2.32. The van der Waals surface area contributed by atoms with Crippen molar-refractivity contribution in [1.29, 1.82) is 5.26 Å². The third kappa shape index (κ3) is 4.68. The molecule has 0 radical (unpaired) electrons. The first kappa shape index (κ1) is 17.7. The summed E-state index contributed by atoms with van der Waals surface area (Å²) in [6, 6.07) is 18.9. The molecule has 24 heavy (non-hydrogen) atoms. The minimum absolute atomic E-state index is 0.0948. The Morgan fingerprint density at radius 3 is 2.38 bits per heavy atom. The van der Waals surface area contributed by atoms with Crippen molar-refractivity contribution in [3.63, 3.8) is 0 Å². The molecule has 0 aliphatic heterocycles. The molecule has 0 saturated heterocycles. The Morgan fingerprint density at radius 1 is 1.04 bits per heavy atom. The number of hydrogen-bond acceptors (Lipinski definition) is 3. The zero-order valence-electron chi connectivity index (χ0n) is 14.3. The van der Waals surface area contributed by atoms with E-state index in [0.717, 1.165) is 0 Å². The monoisotopic (exact) mass is 321 g/mol. The first-order valence-corrected chi connectivity index (χ1v) is 8.13. The fraction of sp³-hybridized carbons (Fsp3) is 0.300. The van der Waals surface area contributed by atoms with Crippen molar-refractivity contribution in [3.8, 4) is 6.07 Å². The number of anilines is 1. The molecule has 4 heteroatoms. The van der Waals surface area contributed by atoms with Gasteiger partial charge in [0.1, 0.15) is 0 Å². The van der Waals surface area contributed by atoms with Crippen LogP contribution in [-0.2, 0) is 4.79 Å². The summed E-state index contributed by atoms with van der Waals surface area (Å²) in [4.78, 5) is 12.4. The molecule has 2 atom stereocenters. The number of nitrogens with one attached hydrogen (secondary N) is 2. The number of hydrogen-bond donors (Lipinski definition) is 2. The van der Waals surface area contributed by atoms with E-state index in [1.54, 1.807) is 24.3 Å². The van der Waals surface area contributed by atoms with Gasteiger partial charge in [0, 0.05) is 11.7 Å². The summed E-state index contributed by atoms with van der Waals surface area (Å²) in [7, 11) is 0. The largest absolute Gasteiger partial charge is 0.325 e. The van der Waals surface area contributed by atoms with Crippen molar-refractivity contribution < 1.29 is 4.79 Å². The highest BCUT2D eigenvalue weighted by molar-refractivity contribution is 5.94. The van der Waals surface area contributed by atoms with E-state index < -0.39 is 0 Å². The Hall–Kier alpha value is -2.64. The number of benzene rings is 2. The molecule has 2 rings (SSSR count). The van der Waals surface area contributed by atoms with Gasteiger partial charge in [0.05, 0.1) is 17.7 Å². The summed E-state index contributed by atoms with van der Waals surface area (Å²) in [6.45, 7) is 6.11. The molecule has 0 fully saturated rings. The number of nitrogens with zero attached hydrogens (tertiary/aromatic N) is 1. The van der Waals surface area contributed by atoms with Gasteiger partial charge in [0.25, 0.3) is 0 Å². The van der Waals surface area contributed by atoms with Crippen molar-refractivity contribution >= 4 is 11.6 Å². The third-order valence-electron chi connectivity index (χ3n) is 3.91. The van der Waals surface area contributed by atoms with Crippen LogP contribution in [0.15, 0.2) is 54.6 Å². The van der Waals surface area contributed by atoms with Crippen molar-refractivity contribution in [2.24, 2.45) is 5.92 Å². The van der Waals surface area contributed by atoms with Gasteiger partial charge >= 0.3 is 0 Å². The third-order valence-corrected chi connectivity index (χ3v) is 3.91. The van der Waals surface area contributed by atoms with Gasteiger partial charge in [0.2, 0.25) is 5.91 Å². The van der Waals surface area contributed by atoms with Gasteiger partial charge in [-0.15, -0.1) is 0 Å². The lowest BCUT2D eigenvalue weighted by molar-refractivity contribution is -0.118. The second-order valence-electron chi connectivity index (χ2n) is 6.20. The SMILES string of the molecule is CC(C)[C@@H](N[C@@H](C)C(=O)Nc1cccc(C#N)c1)c1ccccc1. The normalized spacial score (nSPS) is 13.1. The molecule has 124 valence electrons. The second kappa shape index (κ2) is 8.28. The molecule has 0 aliphatic carbocycles. The Labute approximate surface area is 143 Å². The highest BCUT2D eigenvalue weighted by Crippen LogP contribution is 2.22. The summed E-state index contributed by atoms with van der Waals surface area (Å²) in [5.74, 6) is 0.233. The fourth-order valence-corrected chi connectivity index (χ4v) is 2.60. The summed E-state index contributed by atoms with van der Waals surface area (Å²) in [6.07, 6.45) is 0. The second-order valence-corrected chi connectivity index (χ2v) is 6.20. The highest BCUT2D eigenvalue weighted by atomic mass is 16.2. The summed E-state index contributed by atoms with van der Waals surface area (Å²) < 4.78 is 0. The van der Waals surface area contributed by atoms with Crippen LogP contribution < -0.4 is 10.6 Å². The van der Waals surface area contributed by atoms with Crippen molar-refractivity contribution in [3.05, 3.63) is 65.7 Å². The molecular weight excluding hydrogens is 298 g/mol. The van der Waals surface area contributed by atoms with E-state index in [0.29, 0.717) is 17.2 Å². The quantitative estimate of drug-likeness (QED) is 0.849. The lowest BCUT2D eigenvalue weighted by Gasteiger charge is -2.26. The van der Waals surface area contributed by atoms with Crippen LogP contribution in [0.25, 0.3) is 0 Å². The molecule has 2 aromatic rings. The first-order valence-electron chi connectivity index (χ1n) is 8.13. The Kier molecular flexibility index (Phi) is 6.11. The van der Waals surface area contributed by atoms with E-state index in [-0.39, 0.29) is 18.0 Å². The molecule has 0 spiro atoms. The maximum Gasteiger partial charge on any atom is 0.241 e. The topological polar surface area (TPSA) is 64.9 Å². The number of carbonyl (C=O) groups excluding carboxylic acids is 1. The fourth-order valence-electron chi connectivity index (χ4n) is 2.60. The van der Waals surface area contributed by atoms with Gasteiger partial charge in [-0.1, -0.05) is 50.2 Å². The van der Waals surface area contributed by atoms with Crippen LogP contribution in [0.5, 0.6) is 0 Å². The van der Waals surface area contributed by atoms with Crippen molar-refractivity contribution in [2.45, 2.75) is 32.9 Å². The molecule has 0 aliphatic rings. The van der Waals surface area contributed by atoms with Crippen LogP contribution in [0.1, 0.15) is 37.9 Å². The van der Waals surface area contributed by atoms with Crippen LogP contribution in [-0.4, -0.2) is 11.9 Å². The van der Waals surface area contributed by atoms with E-state index >= 15 is 0 Å². The van der Waals surface area contributed by atoms with E-state index in [4.69, 9.17) is 5.26 Å². The van der Waals surface area contributed by atoms with Gasteiger partial charge in [-0.25, -0.2) is 0 Å². The Morgan fingerprint density at radius 2 is 1.75 bits per heavy atom. The molecule has 0 heterocycles. The van der Waals surface area contributed by atoms with Gasteiger partial charge in [-0.2, -0.15) is 5.26 Å². The van der Waals surface area contributed by atoms with Crippen LogP contribution in [0.2, 0.25) is 0 Å². The van der Waals surface area contributed by atoms with Gasteiger partial charge in [-0.05, 0) is 36.6 Å². The standard InChI is InChI=1S/C20H23N3O/c1-14(2)19(17-9-5-4-6-10-17)22-15(3)20(24)23-18-11-7-8-16(12-18)13-21/h4-12,14-15,19,22H,1-3H3,(H,23,24)/t15-,19+/m0/s1. The Bertz CT molecular complexity index is 719. The molecule has 4 nitrogen and oxygen atoms in total. The maximum atomic E-state index is 12.4. The van der Waals surface area contributed by atoms with E-state index in [1.807, 2.05) is 25.1 Å². The number of rotatable bonds is 6. The molecule has 0 bridgehead atoms. The van der Waals surface area contributed by atoms with Crippen molar-refractivity contribution in [2.75, 3.05) is 5.32 Å². The van der Waals surface area contributed by atoms with Crippen LogP contribution >= 0.6 is 0 Å². The summed E-state index contributed by atoms with van der Waals surface area (Å²) in [5, 5.41) is 15.2. The molecule has 2 N–H and O–H groups in total. The minimum Gasteiger partial charge on any atom is -0.325 e.